The van der Waals surface area contributed by atoms with Crippen LogP contribution in [0.25, 0.3) is 0 Å². The predicted octanol–water partition coefficient (Wildman–Crippen LogP) is 3.21. The fourth-order valence-electron chi connectivity index (χ4n) is 3.68. The standard InChI is InChI=1S/C18H22F3N3O/c1-13(12-25)23-9-4-5-14(11-23)17-22-8-10-24(17)16-7-3-2-6-15(16)18(19,20)21/h2-3,6-8,10,12-14,17,22H,4-5,9,11H2,1H3. The molecule has 0 spiro atoms. The SMILES string of the molecule is CC(C=O)N1CCCC(C2NC=CN2c2ccccc2C(F)(F)F)C1. The lowest BCUT2D eigenvalue weighted by molar-refractivity contribution is -0.137. The molecule has 4 nitrogen and oxygen atoms in total. The molecule has 2 aliphatic heterocycles. The summed E-state index contributed by atoms with van der Waals surface area (Å²) in [5.74, 6) is 0.132. The number of alkyl halides is 3. The number of aldehydes is 1. The quantitative estimate of drug-likeness (QED) is 0.843. The Kier molecular flexibility index (Phi) is 5.03. The summed E-state index contributed by atoms with van der Waals surface area (Å²) < 4.78 is 40.1. The van der Waals surface area contributed by atoms with E-state index in [1.165, 1.54) is 12.1 Å². The summed E-state index contributed by atoms with van der Waals surface area (Å²) >= 11 is 0. The smallest absolute Gasteiger partial charge is 0.369 e. The van der Waals surface area contributed by atoms with E-state index in [4.69, 9.17) is 0 Å². The van der Waals surface area contributed by atoms with E-state index < -0.39 is 11.7 Å². The van der Waals surface area contributed by atoms with Crippen molar-refractivity contribution in [2.75, 3.05) is 18.0 Å². The van der Waals surface area contributed by atoms with Gasteiger partial charge in [0.2, 0.25) is 0 Å². The number of carbonyl (C=O) groups excluding carboxylic acids is 1. The molecular weight excluding hydrogens is 331 g/mol. The van der Waals surface area contributed by atoms with Gasteiger partial charge in [0, 0.05) is 24.9 Å². The largest absolute Gasteiger partial charge is 0.418 e. The van der Waals surface area contributed by atoms with Crippen LogP contribution >= 0.6 is 0 Å². The van der Waals surface area contributed by atoms with E-state index in [9.17, 15) is 18.0 Å². The van der Waals surface area contributed by atoms with Crippen LogP contribution in [-0.2, 0) is 11.0 Å². The Hall–Kier alpha value is -2.02. The summed E-state index contributed by atoms with van der Waals surface area (Å²) in [6.45, 7) is 3.38. The highest BCUT2D eigenvalue weighted by Gasteiger charge is 2.39. The zero-order chi connectivity index (χ0) is 18.0. The summed E-state index contributed by atoms with van der Waals surface area (Å²) in [4.78, 5) is 14.8. The number of nitrogens with one attached hydrogen (secondary N) is 1. The molecule has 0 aliphatic carbocycles. The summed E-state index contributed by atoms with van der Waals surface area (Å²) in [6, 6.07) is 5.47. The van der Waals surface area contributed by atoms with Crippen LogP contribution in [0.5, 0.6) is 0 Å². The molecule has 2 aliphatic rings. The number of halogens is 3. The summed E-state index contributed by atoms with van der Waals surface area (Å²) in [5.41, 5.74) is -0.482. The molecule has 0 aromatic heterocycles. The van der Waals surface area contributed by atoms with Gasteiger partial charge in [-0.15, -0.1) is 0 Å². The topological polar surface area (TPSA) is 35.6 Å². The highest BCUT2D eigenvalue weighted by Crippen LogP contribution is 2.39. The first kappa shape index (κ1) is 17.8. The van der Waals surface area contributed by atoms with Gasteiger partial charge in [0.05, 0.1) is 17.3 Å². The molecule has 1 N–H and O–H groups in total. The first-order valence-corrected chi connectivity index (χ1v) is 8.48. The summed E-state index contributed by atoms with van der Waals surface area (Å²) in [7, 11) is 0. The van der Waals surface area contributed by atoms with Gasteiger partial charge in [0.25, 0.3) is 0 Å². The maximum absolute atomic E-state index is 13.4. The first-order chi connectivity index (χ1) is 11.9. The fraction of sp³-hybridized carbons (Fsp3) is 0.500. The number of hydrogen-bond donors (Lipinski definition) is 1. The molecule has 0 saturated carbocycles. The third-order valence-electron chi connectivity index (χ3n) is 5.00. The highest BCUT2D eigenvalue weighted by molar-refractivity contribution is 5.59. The average molecular weight is 353 g/mol. The Morgan fingerprint density at radius 2 is 2.08 bits per heavy atom. The predicted molar refractivity (Wildman–Crippen MR) is 89.8 cm³/mol. The zero-order valence-corrected chi connectivity index (χ0v) is 14.0. The number of carbonyl (C=O) groups is 1. The van der Waals surface area contributed by atoms with Crippen molar-refractivity contribution in [3.8, 4) is 0 Å². The summed E-state index contributed by atoms with van der Waals surface area (Å²) in [6.07, 6.45) is 1.46. The van der Waals surface area contributed by atoms with Gasteiger partial charge in [-0.05, 0) is 38.4 Å². The van der Waals surface area contributed by atoms with Gasteiger partial charge >= 0.3 is 6.18 Å². The molecule has 136 valence electrons. The van der Waals surface area contributed by atoms with Crippen molar-refractivity contribution >= 4 is 12.0 Å². The normalized spacial score (nSPS) is 25.7. The maximum atomic E-state index is 13.4. The number of rotatable bonds is 4. The lowest BCUT2D eigenvalue weighted by Crippen LogP contribution is -2.51. The van der Waals surface area contributed by atoms with Gasteiger partial charge in [0.1, 0.15) is 12.5 Å². The Labute approximate surface area is 145 Å². The Balaban J connectivity index is 1.84. The van der Waals surface area contributed by atoms with E-state index in [-0.39, 0.29) is 23.8 Å². The molecule has 2 heterocycles. The fourth-order valence-corrected chi connectivity index (χ4v) is 3.68. The van der Waals surface area contributed by atoms with Crippen molar-refractivity contribution in [1.29, 1.82) is 0 Å². The number of benzene rings is 1. The average Bonchev–Trinajstić information content (AvgIpc) is 3.10. The molecule has 7 heteroatoms. The highest BCUT2D eigenvalue weighted by atomic mass is 19.4. The minimum atomic E-state index is -4.40. The number of para-hydroxylation sites is 1. The van der Waals surface area contributed by atoms with Crippen molar-refractivity contribution in [2.45, 2.75) is 38.1 Å². The van der Waals surface area contributed by atoms with Crippen molar-refractivity contribution in [1.82, 2.24) is 10.2 Å². The van der Waals surface area contributed by atoms with E-state index >= 15 is 0 Å². The van der Waals surface area contributed by atoms with Crippen molar-refractivity contribution in [3.05, 3.63) is 42.2 Å². The lowest BCUT2D eigenvalue weighted by atomic mass is 9.93. The van der Waals surface area contributed by atoms with E-state index in [1.807, 2.05) is 6.92 Å². The first-order valence-electron chi connectivity index (χ1n) is 8.48. The summed E-state index contributed by atoms with van der Waals surface area (Å²) in [5, 5.41) is 3.19. The number of anilines is 1. The molecule has 0 radical (unpaired) electrons. The van der Waals surface area contributed by atoms with Crippen molar-refractivity contribution in [3.63, 3.8) is 0 Å². The van der Waals surface area contributed by atoms with Gasteiger partial charge in [-0.2, -0.15) is 13.2 Å². The second-order valence-electron chi connectivity index (χ2n) is 6.62. The number of piperidine rings is 1. The van der Waals surface area contributed by atoms with Gasteiger partial charge in [0.15, 0.2) is 0 Å². The van der Waals surface area contributed by atoms with Crippen LogP contribution in [0.2, 0.25) is 0 Å². The number of nitrogens with zero attached hydrogens (tertiary/aromatic N) is 2. The number of likely N-dealkylation sites (tertiary alicyclic amines) is 1. The van der Waals surface area contributed by atoms with E-state index in [0.29, 0.717) is 6.54 Å². The molecule has 3 unspecified atom stereocenters. The molecule has 25 heavy (non-hydrogen) atoms. The molecular formula is C18H22F3N3O. The van der Waals surface area contributed by atoms with Crippen LogP contribution in [0.15, 0.2) is 36.7 Å². The monoisotopic (exact) mass is 353 g/mol. The van der Waals surface area contributed by atoms with E-state index in [2.05, 4.69) is 10.2 Å². The van der Waals surface area contributed by atoms with Crippen LogP contribution in [0.1, 0.15) is 25.3 Å². The van der Waals surface area contributed by atoms with Crippen LogP contribution in [0.4, 0.5) is 18.9 Å². The van der Waals surface area contributed by atoms with Crippen LogP contribution < -0.4 is 10.2 Å². The van der Waals surface area contributed by atoms with Crippen molar-refractivity contribution in [2.24, 2.45) is 5.92 Å². The molecule has 1 aromatic carbocycles. The van der Waals surface area contributed by atoms with Crippen LogP contribution in [0, 0.1) is 5.92 Å². The Bertz CT molecular complexity index is 647. The van der Waals surface area contributed by atoms with Crippen LogP contribution in [-0.4, -0.2) is 36.5 Å². The van der Waals surface area contributed by atoms with Crippen molar-refractivity contribution < 1.29 is 18.0 Å². The minimum Gasteiger partial charge on any atom is -0.369 e. The minimum absolute atomic E-state index is 0.132. The molecule has 3 atom stereocenters. The van der Waals surface area contributed by atoms with Crippen LogP contribution in [0.3, 0.4) is 0 Å². The second-order valence-corrected chi connectivity index (χ2v) is 6.62. The van der Waals surface area contributed by atoms with E-state index in [0.717, 1.165) is 31.7 Å². The third kappa shape index (κ3) is 3.66. The molecule has 0 bridgehead atoms. The molecule has 1 fully saturated rings. The molecule has 3 rings (SSSR count). The van der Waals surface area contributed by atoms with Gasteiger partial charge in [-0.1, -0.05) is 12.1 Å². The second kappa shape index (κ2) is 7.07. The number of hydrogen-bond acceptors (Lipinski definition) is 4. The molecule has 1 saturated heterocycles. The Morgan fingerprint density at radius 1 is 1.32 bits per heavy atom. The zero-order valence-electron chi connectivity index (χ0n) is 14.0. The van der Waals surface area contributed by atoms with Gasteiger partial charge < -0.3 is 15.0 Å². The lowest BCUT2D eigenvalue weighted by Gasteiger charge is -2.40. The molecule has 1 aromatic rings. The maximum Gasteiger partial charge on any atom is 0.418 e. The Morgan fingerprint density at radius 3 is 2.80 bits per heavy atom. The van der Waals surface area contributed by atoms with E-state index in [1.54, 1.807) is 23.4 Å². The van der Waals surface area contributed by atoms with Gasteiger partial charge in [-0.25, -0.2) is 0 Å². The van der Waals surface area contributed by atoms with Gasteiger partial charge in [-0.3, -0.25) is 4.90 Å². The third-order valence-corrected chi connectivity index (χ3v) is 5.00. The molecule has 0 amide bonds.